The molecule has 0 bridgehead atoms. The number of aryl methyl sites for hydroxylation is 2. The Bertz CT molecular complexity index is 670. The SMILES string of the molecule is CCC(NC(=O)CCCn1ccnc1C)c1cc(F)ccc1F. The molecule has 1 aromatic carbocycles. The number of rotatable bonds is 7. The van der Waals surface area contributed by atoms with E-state index in [-0.39, 0.29) is 11.5 Å². The number of carbonyl (C=O) groups excluding carboxylic acids is 1. The highest BCUT2D eigenvalue weighted by Crippen LogP contribution is 2.21. The third-order valence-electron chi connectivity index (χ3n) is 3.80. The van der Waals surface area contributed by atoms with E-state index in [2.05, 4.69) is 10.3 Å². The minimum absolute atomic E-state index is 0.168. The second-order valence-corrected chi connectivity index (χ2v) is 5.47. The quantitative estimate of drug-likeness (QED) is 0.848. The Hall–Kier alpha value is -2.24. The van der Waals surface area contributed by atoms with E-state index in [1.54, 1.807) is 6.20 Å². The fraction of sp³-hybridized carbons (Fsp3) is 0.412. The molecule has 1 amide bonds. The molecular formula is C17H21F2N3O. The molecule has 0 radical (unpaired) electrons. The van der Waals surface area contributed by atoms with Crippen molar-refractivity contribution in [1.82, 2.24) is 14.9 Å². The van der Waals surface area contributed by atoms with Crippen LogP contribution < -0.4 is 5.32 Å². The van der Waals surface area contributed by atoms with Gasteiger partial charge in [-0.3, -0.25) is 4.79 Å². The average Bonchev–Trinajstić information content (AvgIpc) is 2.93. The molecule has 0 spiro atoms. The van der Waals surface area contributed by atoms with Crippen LogP contribution in [0.15, 0.2) is 30.6 Å². The van der Waals surface area contributed by atoms with Crippen LogP contribution in [0.2, 0.25) is 0 Å². The van der Waals surface area contributed by atoms with Gasteiger partial charge in [0.25, 0.3) is 0 Å². The fourth-order valence-corrected chi connectivity index (χ4v) is 2.50. The minimum Gasteiger partial charge on any atom is -0.349 e. The van der Waals surface area contributed by atoms with Crippen LogP contribution in [0.5, 0.6) is 0 Å². The smallest absolute Gasteiger partial charge is 0.220 e. The lowest BCUT2D eigenvalue weighted by Crippen LogP contribution is -2.28. The van der Waals surface area contributed by atoms with Crippen LogP contribution in [0, 0.1) is 18.6 Å². The topological polar surface area (TPSA) is 46.9 Å². The molecule has 124 valence electrons. The Morgan fingerprint density at radius 2 is 2.17 bits per heavy atom. The normalized spacial score (nSPS) is 12.2. The summed E-state index contributed by atoms with van der Waals surface area (Å²) in [7, 11) is 0. The average molecular weight is 321 g/mol. The summed E-state index contributed by atoms with van der Waals surface area (Å²) >= 11 is 0. The summed E-state index contributed by atoms with van der Waals surface area (Å²) in [6, 6.07) is 2.77. The monoisotopic (exact) mass is 321 g/mol. The standard InChI is InChI=1S/C17H21F2N3O/c1-3-16(14-11-13(18)6-7-15(14)19)21-17(23)5-4-9-22-10-8-20-12(22)2/h6-8,10-11,16H,3-5,9H2,1-2H3,(H,21,23). The molecule has 1 heterocycles. The second kappa shape index (κ2) is 7.85. The first-order chi connectivity index (χ1) is 11.0. The highest BCUT2D eigenvalue weighted by Gasteiger charge is 2.17. The van der Waals surface area contributed by atoms with Crippen molar-refractivity contribution in [2.75, 3.05) is 0 Å². The summed E-state index contributed by atoms with van der Waals surface area (Å²) < 4.78 is 29.1. The number of nitrogens with zero attached hydrogens (tertiary/aromatic N) is 2. The number of hydrogen-bond acceptors (Lipinski definition) is 2. The molecule has 0 saturated heterocycles. The summed E-state index contributed by atoms with van der Waals surface area (Å²) in [5, 5.41) is 2.78. The number of nitrogens with one attached hydrogen (secondary N) is 1. The van der Waals surface area contributed by atoms with Crippen molar-refractivity contribution in [3.63, 3.8) is 0 Å². The number of halogens is 2. The van der Waals surface area contributed by atoms with E-state index >= 15 is 0 Å². The molecule has 1 N–H and O–H groups in total. The molecule has 1 aromatic heterocycles. The number of amides is 1. The molecule has 0 fully saturated rings. The third-order valence-corrected chi connectivity index (χ3v) is 3.80. The molecule has 0 saturated carbocycles. The number of hydrogen-bond donors (Lipinski definition) is 1. The van der Waals surface area contributed by atoms with Crippen LogP contribution >= 0.6 is 0 Å². The second-order valence-electron chi connectivity index (χ2n) is 5.47. The Balaban J connectivity index is 1.89. The van der Waals surface area contributed by atoms with Crippen LogP contribution in [0.25, 0.3) is 0 Å². The Morgan fingerprint density at radius 1 is 1.39 bits per heavy atom. The molecule has 23 heavy (non-hydrogen) atoms. The van der Waals surface area contributed by atoms with Gasteiger partial charge in [-0.05, 0) is 38.0 Å². The predicted octanol–water partition coefficient (Wildman–Crippen LogP) is 3.52. The predicted molar refractivity (Wildman–Crippen MR) is 83.7 cm³/mol. The molecule has 6 heteroatoms. The lowest BCUT2D eigenvalue weighted by atomic mass is 10.0. The molecule has 1 atom stereocenters. The van der Waals surface area contributed by atoms with E-state index in [0.29, 0.717) is 25.8 Å². The summed E-state index contributed by atoms with van der Waals surface area (Å²) in [4.78, 5) is 16.2. The van der Waals surface area contributed by atoms with Crippen molar-refractivity contribution < 1.29 is 13.6 Å². The van der Waals surface area contributed by atoms with Gasteiger partial charge in [-0.15, -0.1) is 0 Å². The molecule has 1 unspecified atom stereocenters. The Labute approximate surface area is 134 Å². The lowest BCUT2D eigenvalue weighted by Gasteiger charge is -2.18. The molecule has 2 aromatic rings. The van der Waals surface area contributed by atoms with Gasteiger partial charge in [-0.25, -0.2) is 13.8 Å². The van der Waals surface area contributed by atoms with E-state index in [9.17, 15) is 13.6 Å². The van der Waals surface area contributed by atoms with E-state index < -0.39 is 17.7 Å². The third kappa shape index (κ3) is 4.61. The van der Waals surface area contributed by atoms with Gasteiger partial charge in [0.2, 0.25) is 5.91 Å². The molecule has 0 aliphatic rings. The first kappa shape index (κ1) is 17.1. The summed E-state index contributed by atoms with van der Waals surface area (Å²) in [6.45, 7) is 4.43. The van der Waals surface area contributed by atoms with E-state index in [0.717, 1.165) is 24.0 Å². The maximum absolute atomic E-state index is 13.8. The number of aromatic nitrogens is 2. The van der Waals surface area contributed by atoms with Gasteiger partial charge in [-0.2, -0.15) is 0 Å². The zero-order valence-corrected chi connectivity index (χ0v) is 13.4. The van der Waals surface area contributed by atoms with E-state index in [1.807, 2.05) is 24.6 Å². The zero-order valence-electron chi connectivity index (χ0n) is 13.4. The van der Waals surface area contributed by atoms with E-state index in [1.165, 1.54) is 0 Å². The van der Waals surface area contributed by atoms with Crippen molar-refractivity contribution in [1.29, 1.82) is 0 Å². The van der Waals surface area contributed by atoms with Crippen LogP contribution in [0.3, 0.4) is 0 Å². The van der Waals surface area contributed by atoms with Crippen molar-refractivity contribution in [2.24, 2.45) is 0 Å². The number of benzene rings is 1. The lowest BCUT2D eigenvalue weighted by molar-refractivity contribution is -0.122. The Kier molecular flexibility index (Phi) is 5.84. The molecular weight excluding hydrogens is 300 g/mol. The minimum atomic E-state index is -0.520. The Morgan fingerprint density at radius 3 is 2.83 bits per heavy atom. The van der Waals surface area contributed by atoms with Gasteiger partial charge in [0.15, 0.2) is 0 Å². The highest BCUT2D eigenvalue weighted by molar-refractivity contribution is 5.76. The van der Waals surface area contributed by atoms with Crippen LogP contribution in [-0.2, 0) is 11.3 Å². The van der Waals surface area contributed by atoms with Crippen molar-refractivity contribution in [2.45, 2.75) is 45.7 Å². The van der Waals surface area contributed by atoms with Gasteiger partial charge in [0, 0.05) is 30.9 Å². The molecule has 4 nitrogen and oxygen atoms in total. The van der Waals surface area contributed by atoms with E-state index in [4.69, 9.17) is 0 Å². The first-order valence-electron chi connectivity index (χ1n) is 7.73. The maximum Gasteiger partial charge on any atom is 0.220 e. The van der Waals surface area contributed by atoms with Crippen LogP contribution in [0.1, 0.15) is 43.6 Å². The molecule has 0 aliphatic heterocycles. The van der Waals surface area contributed by atoms with Gasteiger partial charge < -0.3 is 9.88 Å². The van der Waals surface area contributed by atoms with Gasteiger partial charge in [-0.1, -0.05) is 6.92 Å². The van der Waals surface area contributed by atoms with Gasteiger partial charge in [0.1, 0.15) is 17.5 Å². The van der Waals surface area contributed by atoms with Crippen LogP contribution in [-0.4, -0.2) is 15.5 Å². The van der Waals surface area contributed by atoms with Crippen molar-refractivity contribution in [3.8, 4) is 0 Å². The number of carbonyl (C=O) groups is 1. The fourth-order valence-electron chi connectivity index (χ4n) is 2.50. The molecule has 2 rings (SSSR count). The van der Waals surface area contributed by atoms with Gasteiger partial charge >= 0.3 is 0 Å². The van der Waals surface area contributed by atoms with Crippen LogP contribution in [0.4, 0.5) is 8.78 Å². The zero-order chi connectivity index (χ0) is 16.8. The summed E-state index contributed by atoms with van der Waals surface area (Å²) in [6.07, 6.45) is 5.06. The highest BCUT2D eigenvalue weighted by atomic mass is 19.1. The van der Waals surface area contributed by atoms with Gasteiger partial charge in [0.05, 0.1) is 6.04 Å². The largest absolute Gasteiger partial charge is 0.349 e. The molecule has 0 aliphatic carbocycles. The van der Waals surface area contributed by atoms with Crippen molar-refractivity contribution in [3.05, 3.63) is 53.6 Å². The summed E-state index contributed by atoms with van der Waals surface area (Å²) in [5.41, 5.74) is 0.186. The maximum atomic E-state index is 13.8. The van der Waals surface area contributed by atoms with Crippen molar-refractivity contribution >= 4 is 5.91 Å². The number of imidazole rings is 1. The first-order valence-corrected chi connectivity index (χ1v) is 7.73. The summed E-state index contributed by atoms with van der Waals surface area (Å²) in [5.74, 6) is -0.283.